The molecular weight excluding hydrogens is 615 g/mol. The second-order valence-corrected chi connectivity index (χ2v) is 14.2. The minimum Gasteiger partial charge on any atom is -0.311 e. The number of nitrogens with zero attached hydrogens (tertiary/aromatic N) is 1. The average Bonchev–Trinajstić information content (AvgIpc) is 3.22. The molecule has 0 bridgehead atoms. The molecule has 0 amide bonds. The molecule has 9 rings (SSSR count). The van der Waals surface area contributed by atoms with Crippen LogP contribution in [0.1, 0.15) is 47.9 Å². The van der Waals surface area contributed by atoms with Crippen LogP contribution in [-0.4, -0.2) is 0 Å². The summed E-state index contributed by atoms with van der Waals surface area (Å²) in [6, 6.07) is 60.1. The normalized spacial score (nSPS) is 13.6. The van der Waals surface area contributed by atoms with Gasteiger partial charge in [0.05, 0.1) is 0 Å². The van der Waals surface area contributed by atoms with Gasteiger partial charge >= 0.3 is 0 Å². The second-order valence-electron chi connectivity index (χ2n) is 14.2. The Morgan fingerprint density at radius 2 is 0.510 bits per heavy atom. The van der Waals surface area contributed by atoms with Crippen LogP contribution in [0.3, 0.4) is 0 Å². The average molecular weight is 658 g/mol. The van der Waals surface area contributed by atoms with Gasteiger partial charge in [-0.2, -0.15) is 0 Å². The summed E-state index contributed by atoms with van der Waals surface area (Å²) in [5.41, 5.74) is 20.7. The summed E-state index contributed by atoms with van der Waals surface area (Å²) in [7, 11) is 0. The molecule has 0 saturated heterocycles. The van der Waals surface area contributed by atoms with Crippen molar-refractivity contribution < 1.29 is 0 Å². The lowest BCUT2D eigenvalue weighted by Gasteiger charge is -2.32. The molecule has 1 nitrogen and oxygen atoms in total. The maximum absolute atomic E-state index is 2.40. The van der Waals surface area contributed by atoms with Crippen LogP contribution in [0.25, 0.3) is 44.5 Å². The lowest BCUT2D eigenvalue weighted by Crippen LogP contribution is -2.15. The van der Waals surface area contributed by atoms with Crippen LogP contribution in [-0.2, 0) is 25.7 Å². The Kier molecular flexibility index (Phi) is 8.55. The number of benzene rings is 7. The first kappa shape index (κ1) is 31.3. The molecule has 0 radical (unpaired) electrons. The molecule has 0 atom stereocenters. The molecule has 0 aliphatic heterocycles. The lowest BCUT2D eigenvalue weighted by atomic mass is 9.73. The fourth-order valence-corrected chi connectivity index (χ4v) is 8.67. The zero-order valence-electron chi connectivity index (χ0n) is 29.2. The van der Waals surface area contributed by atoms with Gasteiger partial charge in [-0.3, -0.25) is 0 Å². The van der Waals surface area contributed by atoms with Crippen LogP contribution < -0.4 is 4.90 Å². The Morgan fingerprint density at radius 3 is 0.843 bits per heavy atom. The van der Waals surface area contributed by atoms with E-state index in [9.17, 15) is 0 Å². The van der Waals surface area contributed by atoms with Gasteiger partial charge in [0.2, 0.25) is 0 Å². The molecule has 51 heavy (non-hydrogen) atoms. The predicted octanol–water partition coefficient (Wildman–Crippen LogP) is 13.6. The molecule has 0 N–H and O–H groups in total. The van der Waals surface area contributed by atoms with E-state index in [2.05, 4.69) is 169 Å². The topological polar surface area (TPSA) is 3.24 Å². The molecule has 7 aromatic rings. The van der Waals surface area contributed by atoms with Gasteiger partial charge < -0.3 is 4.90 Å². The van der Waals surface area contributed by atoms with Crippen LogP contribution in [0.2, 0.25) is 0 Å². The summed E-state index contributed by atoms with van der Waals surface area (Å²) in [4.78, 5) is 2.40. The fraction of sp³-hybridized carbons (Fsp3) is 0.160. The zero-order valence-corrected chi connectivity index (χ0v) is 29.2. The van der Waals surface area contributed by atoms with Gasteiger partial charge in [0, 0.05) is 17.1 Å². The Bertz CT molecular complexity index is 2130. The first-order valence-electron chi connectivity index (χ1n) is 18.8. The monoisotopic (exact) mass is 657 g/mol. The van der Waals surface area contributed by atoms with Crippen LogP contribution in [0.4, 0.5) is 17.1 Å². The second kappa shape index (κ2) is 13.9. The Balaban J connectivity index is 1.14. The molecule has 7 aromatic carbocycles. The smallest absolute Gasteiger partial charge is 0.0462 e. The van der Waals surface area contributed by atoms with Gasteiger partial charge in [0.1, 0.15) is 0 Å². The fourth-order valence-electron chi connectivity index (χ4n) is 8.67. The van der Waals surface area contributed by atoms with Gasteiger partial charge in [-0.05, 0) is 155 Å². The molecule has 0 saturated carbocycles. The molecule has 0 unspecified atom stereocenters. The van der Waals surface area contributed by atoms with E-state index in [1.54, 1.807) is 27.8 Å². The number of fused-ring (bicyclic) bond motifs is 2. The highest BCUT2D eigenvalue weighted by atomic mass is 15.1. The highest BCUT2D eigenvalue weighted by Crippen LogP contribution is 2.47. The van der Waals surface area contributed by atoms with Gasteiger partial charge in [-0.1, -0.05) is 127 Å². The van der Waals surface area contributed by atoms with E-state index in [0.717, 1.165) is 11.4 Å². The van der Waals surface area contributed by atoms with Crippen molar-refractivity contribution in [2.45, 2.75) is 51.4 Å². The summed E-state index contributed by atoms with van der Waals surface area (Å²) < 4.78 is 0. The van der Waals surface area contributed by atoms with Gasteiger partial charge in [-0.25, -0.2) is 0 Å². The van der Waals surface area contributed by atoms with E-state index in [4.69, 9.17) is 0 Å². The summed E-state index contributed by atoms with van der Waals surface area (Å²) >= 11 is 0. The van der Waals surface area contributed by atoms with Crippen molar-refractivity contribution in [3.05, 3.63) is 186 Å². The van der Waals surface area contributed by atoms with Crippen molar-refractivity contribution >= 4 is 17.1 Å². The molecule has 248 valence electrons. The summed E-state index contributed by atoms with van der Waals surface area (Å²) in [6.07, 6.45) is 9.83. The molecule has 0 fully saturated rings. The van der Waals surface area contributed by atoms with Crippen LogP contribution in [0.5, 0.6) is 0 Å². The van der Waals surface area contributed by atoms with Gasteiger partial charge in [-0.15, -0.1) is 0 Å². The minimum absolute atomic E-state index is 1.15. The quantitative estimate of drug-likeness (QED) is 0.165. The first-order chi connectivity index (χ1) is 25.3. The third-order valence-corrected chi connectivity index (χ3v) is 11.1. The van der Waals surface area contributed by atoms with Crippen molar-refractivity contribution in [3.8, 4) is 44.5 Å². The third kappa shape index (κ3) is 6.08. The molecule has 0 heterocycles. The van der Waals surface area contributed by atoms with E-state index in [1.165, 1.54) is 96.0 Å². The zero-order chi connectivity index (χ0) is 34.0. The van der Waals surface area contributed by atoms with E-state index in [-0.39, 0.29) is 0 Å². The largest absolute Gasteiger partial charge is 0.311 e. The van der Waals surface area contributed by atoms with Crippen LogP contribution in [0.15, 0.2) is 164 Å². The van der Waals surface area contributed by atoms with E-state index < -0.39 is 0 Å². The Labute approximate surface area is 302 Å². The van der Waals surface area contributed by atoms with E-state index in [0.29, 0.717) is 0 Å². The van der Waals surface area contributed by atoms with Crippen molar-refractivity contribution in [1.29, 1.82) is 0 Å². The lowest BCUT2D eigenvalue weighted by molar-refractivity contribution is 0.662. The number of anilines is 3. The molecule has 1 heteroatoms. The maximum Gasteiger partial charge on any atom is 0.0462 e. The summed E-state index contributed by atoms with van der Waals surface area (Å²) in [5.74, 6) is 0. The minimum atomic E-state index is 1.15. The van der Waals surface area contributed by atoms with Gasteiger partial charge in [0.15, 0.2) is 0 Å². The number of hydrogen-bond acceptors (Lipinski definition) is 1. The Hall–Kier alpha value is -5.66. The van der Waals surface area contributed by atoms with Crippen molar-refractivity contribution in [2.24, 2.45) is 0 Å². The number of rotatable bonds is 7. The molecular formula is C50H43N. The maximum atomic E-state index is 2.40. The van der Waals surface area contributed by atoms with E-state index in [1.807, 2.05) is 0 Å². The highest BCUT2D eigenvalue weighted by molar-refractivity contribution is 5.86. The molecule has 0 aromatic heterocycles. The molecule has 0 spiro atoms. The first-order valence-corrected chi connectivity index (χ1v) is 18.8. The Morgan fingerprint density at radius 1 is 0.255 bits per heavy atom. The number of hydrogen-bond donors (Lipinski definition) is 0. The SMILES string of the molecule is c1ccc(-c2ccc(N(c3ccc(-c4ccccc4)cc3)c3ccc(-c4c5c(c(-c6ccccc6)c6c4CCCC6)CCCC5)cc3)cc2)cc1. The highest BCUT2D eigenvalue weighted by Gasteiger charge is 2.28. The predicted molar refractivity (Wildman–Crippen MR) is 216 cm³/mol. The van der Waals surface area contributed by atoms with Crippen molar-refractivity contribution in [3.63, 3.8) is 0 Å². The van der Waals surface area contributed by atoms with Crippen molar-refractivity contribution in [2.75, 3.05) is 4.90 Å². The standard InChI is InChI=1S/C50H43N/c1-4-14-36(15-5-1)38-24-30-42(31-25-38)51(43-32-26-39(27-33-43)37-16-6-2-7-17-37)44-34-28-41(29-35-44)50-47-22-12-10-20-45(47)49(40-18-8-3-9-19-40)46-21-11-13-23-48(46)50/h1-9,14-19,24-35H,10-13,20-23H2. The third-order valence-electron chi connectivity index (χ3n) is 11.1. The summed E-state index contributed by atoms with van der Waals surface area (Å²) in [5, 5.41) is 0. The van der Waals surface area contributed by atoms with Crippen molar-refractivity contribution in [1.82, 2.24) is 0 Å². The molecule has 2 aliphatic rings. The van der Waals surface area contributed by atoms with Gasteiger partial charge in [0.25, 0.3) is 0 Å². The van der Waals surface area contributed by atoms with Crippen LogP contribution >= 0.6 is 0 Å². The molecule has 2 aliphatic carbocycles. The van der Waals surface area contributed by atoms with Crippen LogP contribution in [0, 0.1) is 0 Å². The van der Waals surface area contributed by atoms with E-state index >= 15 is 0 Å². The summed E-state index contributed by atoms with van der Waals surface area (Å²) in [6.45, 7) is 0.